The van der Waals surface area contributed by atoms with Gasteiger partial charge in [-0.3, -0.25) is 4.90 Å². The lowest BCUT2D eigenvalue weighted by molar-refractivity contribution is -0.143. The Balaban J connectivity index is 2.46. The van der Waals surface area contributed by atoms with E-state index >= 15 is 0 Å². The number of allylic oxidation sites excluding steroid dienone is 1. The van der Waals surface area contributed by atoms with E-state index in [1.165, 1.54) is 9.80 Å². The molecule has 0 fully saturated rings. The third kappa shape index (κ3) is 4.62. The normalized spacial score (nSPS) is 16.8. The van der Waals surface area contributed by atoms with Crippen molar-refractivity contribution in [1.29, 1.82) is 0 Å². The maximum atomic E-state index is 12.8. The minimum Gasteiger partial charge on any atom is -0.459 e. The molecule has 1 atom stereocenters. The van der Waals surface area contributed by atoms with Crippen LogP contribution >= 0.6 is 0 Å². The minimum atomic E-state index is -0.669. The van der Waals surface area contributed by atoms with Gasteiger partial charge in [0.15, 0.2) is 0 Å². The molecular weight excluding hydrogens is 360 g/mol. The molecule has 0 aromatic heterocycles. The molecule has 1 aromatic carbocycles. The molecule has 1 heterocycles. The van der Waals surface area contributed by atoms with E-state index < -0.39 is 12.0 Å². The monoisotopic (exact) mass is 388 g/mol. The van der Waals surface area contributed by atoms with Gasteiger partial charge in [-0.15, -0.1) is 0 Å². The number of nitrogens with one attached hydrogen (secondary N) is 2. The van der Waals surface area contributed by atoms with Crippen molar-refractivity contribution in [2.45, 2.75) is 39.8 Å². The van der Waals surface area contributed by atoms with Gasteiger partial charge in [0.25, 0.3) is 0 Å². The number of urea groups is 2. The molecule has 0 saturated carbocycles. The van der Waals surface area contributed by atoms with Gasteiger partial charge in [0, 0.05) is 32.0 Å². The van der Waals surface area contributed by atoms with Crippen molar-refractivity contribution in [3.63, 3.8) is 0 Å². The summed E-state index contributed by atoms with van der Waals surface area (Å²) in [6.45, 7) is 7.57. The number of hydrogen-bond acceptors (Lipinski definition) is 4. The Bertz CT molecular complexity index is 801. The van der Waals surface area contributed by atoms with E-state index in [2.05, 4.69) is 10.6 Å². The van der Waals surface area contributed by atoms with E-state index in [0.29, 0.717) is 29.1 Å². The first-order valence-electron chi connectivity index (χ1n) is 9.23. The topological polar surface area (TPSA) is 91.0 Å². The Kier molecular flexibility index (Phi) is 6.66. The van der Waals surface area contributed by atoms with Crippen LogP contribution in [-0.2, 0) is 9.53 Å². The first-order valence-corrected chi connectivity index (χ1v) is 9.23. The van der Waals surface area contributed by atoms with Crippen LogP contribution in [0.15, 0.2) is 35.5 Å². The fourth-order valence-corrected chi connectivity index (χ4v) is 2.99. The van der Waals surface area contributed by atoms with E-state index in [4.69, 9.17) is 4.74 Å². The number of ether oxygens (including phenoxy) is 1. The summed E-state index contributed by atoms with van der Waals surface area (Å²) in [5.41, 5.74) is 2.18. The highest BCUT2D eigenvalue weighted by Gasteiger charge is 2.36. The Hall–Kier alpha value is -3.03. The second kappa shape index (κ2) is 8.77. The average Bonchev–Trinajstić information content (AvgIpc) is 2.60. The van der Waals surface area contributed by atoms with Crippen LogP contribution < -0.4 is 10.6 Å². The number of carbonyl (C=O) groups excluding carboxylic acids is 3. The zero-order chi connectivity index (χ0) is 21.0. The quantitative estimate of drug-likeness (QED) is 0.759. The van der Waals surface area contributed by atoms with Crippen molar-refractivity contribution in [3.05, 3.63) is 41.1 Å². The van der Waals surface area contributed by atoms with Gasteiger partial charge in [-0.25, -0.2) is 14.4 Å². The Morgan fingerprint density at radius 1 is 1.32 bits per heavy atom. The highest BCUT2D eigenvalue weighted by atomic mass is 16.5. The van der Waals surface area contributed by atoms with Crippen LogP contribution in [0.4, 0.5) is 15.3 Å². The molecule has 0 spiro atoms. The number of rotatable bonds is 5. The summed E-state index contributed by atoms with van der Waals surface area (Å²) in [6, 6.07) is 5.83. The van der Waals surface area contributed by atoms with Gasteiger partial charge in [-0.05, 0) is 45.4 Å². The van der Waals surface area contributed by atoms with Crippen LogP contribution in [0.5, 0.6) is 0 Å². The number of anilines is 1. The highest BCUT2D eigenvalue weighted by molar-refractivity contribution is 5.95. The molecule has 4 amide bonds. The molecule has 8 heteroatoms. The summed E-state index contributed by atoms with van der Waals surface area (Å²) in [6.07, 6.45) is -0.285. The molecular formula is C20H28N4O4. The van der Waals surface area contributed by atoms with E-state index in [9.17, 15) is 14.4 Å². The number of amides is 4. The van der Waals surface area contributed by atoms with E-state index in [1.54, 1.807) is 59.1 Å². The van der Waals surface area contributed by atoms with Crippen molar-refractivity contribution < 1.29 is 19.1 Å². The zero-order valence-corrected chi connectivity index (χ0v) is 17.2. The van der Waals surface area contributed by atoms with Gasteiger partial charge in [0.2, 0.25) is 0 Å². The maximum Gasteiger partial charge on any atom is 0.338 e. The number of benzene rings is 1. The second-order valence-electron chi connectivity index (χ2n) is 7.03. The molecule has 152 valence electrons. The highest BCUT2D eigenvalue weighted by Crippen LogP contribution is 2.32. The minimum absolute atomic E-state index is 0.270. The van der Waals surface area contributed by atoms with E-state index in [-0.39, 0.29) is 18.2 Å². The van der Waals surface area contributed by atoms with Gasteiger partial charge >= 0.3 is 18.0 Å². The zero-order valence-electron chi connectivity index (χ0n) is 17.2. The molecule has 1 aliphatic rings. The molecule has 8 nitrogen and oxygen atoms in total. The van der Waals surface area contributed by atoms with E-state index in [0.717, 1.165) is 0 Å². The fraction of sp³-hybridized carbons (Fsp3) is 0.450. The average molecular weight is 388 g/mol. The molecule has 2 rings (SSSR count). The van der Waals surface area contributed by atoms with Crippen molar-refractivity contribution in [3.8, 4) is 0 Å². The first kappa shape index (κ1) is 21.3. The molecule has 0 bridgehead atoms. The third-order valence-electron chi connectivity index (χ3n) is 4.35. The van der Waals surface area contributed by atoms with E-state index in [1.807, 2.05) is 6.92 Å². The third-order valence-corrected chi connectivity index (χ3v) is 4.35. The predicted octanol–water partition coefficient (Wildman–Crippen LogP) is 3.09. The summed E-state index contributed by atoms with van der Waals surface area (Å²) in [4.78, 5) is 40.2. The van der Waals surface area contributed by atoms with Crippen molar-refractivity contribution >= 4 is 23.7 Å². The van der Waals surface area contributed by atoms with Gasteiger partial charge in [0.1, 0.15) is 0 Å². The largest absolute Gasteiger partial charge is 0.459 e. The summed E-state index contributed by atoms with van der Waals surface area (Å²) in [5, 5.41) is 5.65. The predicted molar refractivity (Wildman–Crippen MR) is 107 cm³/mol. The number of esters is 1. The van der Waals surface area contributed by atoms with Gasteiger partial charge in [-0.1, -0.05) is 12.1 Å². The van der Waals surface area contributed by atoms with Crippen LogP contribution in [0.3, 0.4) is 0 Å². The summed E-state index contributed by atoms with van der Waals surface area (Å²) < 4.78 is 5.41. The van der Waals surface area contributed by atoms with Gasteiger partial charge in [-0.2, -0.15) is 0 Å². The van der Waals surface area contributed by atoms with Gasteiger partial charge in [0.05, 0.1) is 17.7 Å². The maximum absolute atomic E-state index is 12.8. The molecule has 0 aliphatic carbocycles. The number of carbonyl (C=O) groups is 3. The Labute approximate surface area is 165 Å². The standard InChI is InChI=1S/C20H28N4O4/c1-7-24-13(4)16(18(25)28-12(2)3)17(22-20(24)27)14-9-8-10-15(11-14)21-19(26)23(5)6/h8-12,17H,7H2,1-6H3,(H,21,26)(H,22,27). The SMILES string of the molecule is CCN1C(=O)NC(c2cccc(NC(=O)N(C)C)c2)C(C(=O)OC(C)C)=C1C. The van der Waals surface area contributed by atoms with Crippen LogP contribution in [-0.4, -0.2) is 54.6 Å². The lowest BCUT2D eigenvalue weighted by atomic mass is 9.94. The Morgan fingerprint density at radius 3 is 2.57 bits per heavy atom. The molecule has 2 N–H and O–H groups in total. The lowest BCUT2D eigenvalue weighted by Crippen LogP contribution is -2.48. The van der Waals surface area contributed by atoms with Crippen LogP contribution in [0.1, 0.15) is 39.3 Å². The smallest absolute Gasteiger partial charge is 0.338 e. The molecule has 1 aliphatic heterocycles. The Morgan fingerprint density at radius 2 is 2.00 bits per heavy atom. The number of hydrogen-bond donors (Lipinski definition) is 2. The first-order chi connectivity index (χ1) is 13.1. The fourth-order valence-electron chi connectivity index (χ4n) is 2.99. The second-order valence-corrected chi connectivity index (χ2v) is 7.03. The lowest BCUT2D eigenvalue weighted by Gasteiger charge is -2.35. The summed E-state index contributed by atoms with van der Waals surface area (Å²) in [7, 11) is 3.29. The summed E-state index contributed by atoms with van der Waals surface area (Å²) in [5.74, 6) is -0.473. The van der Waals surface area contributed by atoms with Crippen LogP contribution in [0.2, 0.25) is 0 Å². The number of nitrogens with zero attached hydrogens (tertiary/aromatic N) is 2. The molecule has 28 heavy (non-hydrogen) atoms. The molecule has 1 unspecified atom stereocenters. The molecule has 1 aromatic rings. The molecule has 0 radical (unpaired) electrons. The van der Waals surface area contributed by atoms with Crippen LogP contribution in [0.25, 0.3) is 0 Å². The summed E-state index contributed by atoms with van der Waals surface area (Å²) >= 11 is 0. The van der Waals surface area contributed by atoms with Crippen molar-refractivity contribution in [2.75, 3.05) is 26.0 Å². The van der Waals surface area contributed by atoms with Gasteiger partial charge < -0.3 is 20.3 Å². The van der Waals surface area contributed by atoms with Crippen LogP contribution in [0, 0.1) is 0 Å². The van der Waals surface area contributed by atoms with Crippen molar-refractivity contribution in [2.24, 2.45) is 0 Å². The van der Waals surface area contributed by atoms with Crippen molar-refractivity contribution in [1.82, 2.24) is 15.1 Å². The molecule has 0 saturated heterocycles.